The van der Waals surface area contributed by atoms with Gasteiger partial charge in [-0.15, -0.1) is 0 Å². The number of carbonyl (C=O) groups is 1. The maximum Gasteiger partial charge on any atom is 0.306 e. The standard InChI is InChI=1S/C32H44N4O4/c1-2-40-30(37)15-14-28(34-39)31-32(38)36(29-13-6-5-12-27(29)33-31)26-19-23-10-7-11-24(20-26)35(23)25-17-21-8-3-4-9-22(16-21)18-25/h5-6,12-13,21-26,39H,2-4,7-11,14-20H2,1H3/b34-28+/t21?,22?,23-,24?,25?,26?/m1/s1. The van der Waals surface area contributed by atoms with Gasteiger partial charge in [-0.3, -0.25) is 14.5 Å². The van der Waals surface area contributed by atoms with Gasteiger partial charge in [0.25, 0.3) is 5.56 Å². The van der Waals surface area contributed by atoms with E-state index in [0.29, 0.717) is 23.6 Å². The lowest BCUT2D eigenvalue weighted by Crippen LogP contribution is -2.58. The van der Waals surface area contributed by atoms with Crippen molar-refractivity contribution in [1.82, 2.24) is 14.5 Å². The van der Waals surface area contributed by atoms with Crippen molar-refractivity contribution < 1.29 is 14.7 Å². The Bertz CT molecular complexity index is 1280. The van der Waals surface area contributed by atoms with Gasteiger partial charge in [-0.1, -0.05) is 49.4 Å². The first-order valence-corrected chi connectivity index (χ1v) is 15.7. The Kier molecular flexibility index (Phi) is 8.24. The van der Waals surface area contributed by atoms with Gasteiger partial charge in [0.1, 0.15) is 5.71 Å². The first-order valence-electron chi connectivity index (χ1n) is 15.7. The van der Waals surface area contributed by atoms with Gasteiger partial charge in [-0.05, 0) is 75.8 Å². The van der Waals surface area contributed by atoms with Crippen molar-refractivity contribution in [3.63, 3.8) is 0 Å². The van der Waals surface area contributed by atoms with Gasteiger partial charge in [0.2, 0.25) is 0 Å². The van der Waals surface area contributed by atoms with Gasteiger partial charge in [-0.25, -0.2) is 4.98 Å². The minimum Gasteiger partial charge on any atom is -0.466 e. The highest BCUT2D eigenvalue weighted by Gasteiger charge is 2.45. The summed E-state index contributed by atoms with van der Waals surface area (Å²) in [6.07, 6.45) is 15.5. The molecule has 2 saturated carbocycles. The fraction of sp³-hybridized carbons (Fsp3) is 0.688. The second-order valence-corrected chi connectivity index (χ2v) is 12.7. The summed E-state index contributed by atoms with van der Waals surface area (Å²) in [7, 11) is 0. The predicted octanol–water partition coefficient (Wildman–Crippen LogP) is 5.84. The highest BCUT2D eigenvalue weighted by atomic mass is 16.5. The second-order valence-electron chi connectivity index (χ2n) is 12.7. The molecule has 1 N–H and O–H groups in total. The molecule has 4 aliphatic rings. The summed E-state index contributed by atoms with van der Waals surface area (Å²) in [6, 6.07) is 9.53. The number of aromatic nitrogens is 2. The third-order valence-electron chi connectivity index (χ3n) is 10.2. The molecule has 8 heteroatoms. The topological polar surface area (TPSA) is 97.0 Å². The van der Waals surface area contributed by atoms with Crippen LogP contribution in [0.3, 0.4) is 0 Å². The van der Waals surface area contributed by atoms with E-state index in [1.807, 2.05) is 28.8 Å². The van der Waals surface area contributed by atoms with E-state index in [4.69, 9.17) is 4.74 Å². The predicted molar refractivity (Wildman–Crippen MR) is 155 cm³/mol. The Hall–Kier alpha value is -2.74. The maximum absolute atomic E-state index is 14.1. The summed E-state index contributed by atoms with van der Waals surface area (Å²) >= 11 is 0. The molecule has 2 aliphatic carbocycles. The molecule has 40 heavy (non-hydrogen) atoms. The Labute approximate surface area is 236 Å². The average Bonchev–Trinajstić information content (AvgIpc) is 3.12. The summed E-state index contributed by atoms with van der Waals surface area (Å²) in [4.78, 5) is 33.7. The third-order valence-corrected chi connectivity index (χ3v) is 10.2. The number of esters is 1. The maximum atomic E-state index is 14.1. The molecule has 3 heterocycles. The van der Waals surface area contributed by atoms with Crippen LogP contribution < -0.4 is 5.56 Å². The Balaban J connectivity index is 1.30. The molecule has 1 aromatic heterocycles. The van der Waals surface area contributed by atoms with Crippen LogP contribution in [0.25, 0.3) is 11.0 Å². The van der Waals surface area contributed by atoms with E-state index >= 15 is 0 Å². The van der Waals surface area contributed by atoms with Gasteiger partial charge in [-0.2, -0.15) is 0 Å². The minimum absolute atomic E-state index is 0.0348. The molecule has 216 valence electrons. The summed E-state index contributed by atoms with van der Waals surface area (Å²) in [6.45, 7) is 2.04. The van der Waals surface area contributed by atoms with Crippen LogP contribution in [-0.2, 0) is 9.53 Å². The highest BCUT2D eigenvalue weighted by molar-refractivity contribution is 6.00. The van der Waals surface area contributed by atoms with Crippen molar-refractivity contribution >= 4 is 22.7 Å². The average molecular weight is 549 g/mol. The number of benzene rings is 1. The molecular weight excluding hydrogens is 504 g/mol. The lowest BCUT2D eigenvalue weighted by atomic mass is 9.73. The zero-order chi connectivity index (χ0) is 27.6. The minimum atomic E-state index is -0.382. The smallest absolute Gasteiger partial charge is 0.306 e. The Morgan fingerprint density at radius 2 is 1.62 bits per heavy atom. The summed E-state index contributed by atoms with van der Waals surface area (Å²) in [5, 5.41) is 13.3. The van der Waals surface area contributed by atoms with E-state index in [2.05, 4.69) is 15.0 Å². The summed E-state index contributed by atoms with van der Waals surface area (Å²) in [5.74, 6) is 1.40. The first-order chi connectivity index (χ1) is 19.6. The number of nitrogens with zero attached hydrogens (tertiary/aromatic N) is 4. The van der Waals surface area contributed by atoms with E-state index < -0.39 is 0 Å². The molecule has 4 fully saturated rings. The van der Waals surface area contributed by atoms with Crippen molar-refractivity contribution in [2.75, 3.05) is 6.61 Å². The summed E-state index contributed by atoms with van der Waals surface area (Å²) in [5.41, 5.74) is 1.59. The van der Waals surface area contributed by atoms with Crippen LogP contribution in [0.2, 0.25) is 0 Å². The molecule has 4 bridgehead atoms. The van der Waals surface area contributed by atoms with E-state index in [1.165, 1.54) is 64.2 Å². The monoisotopic (exact) mass is 548 g/mol. The largest absolute Gasteiger partial charge is 0.466 e. The molecule has 0 amide bonds. The van der Waals surface area contributed by atoms with Gasteiger partial charge in [0, 0.05) is 30.6 Å². The Morgan fingerprint density at radius 3 is 2.30 bits per heavy atom. The first kappa shape index (κ1) is 27.4. The van der Waals surface area contributed by atoms with Gasteiger partial charge >= 0.3 is 5.97 Å². The van der Waals surface area contributed by atoms with Crippen LogP contribution in [0, 0.1) is 11.8 Å². The van der Waals surface area contributed by atoms with Crippen LogP contribution >= 0.6 is 0 Å². The van der Waals surface area contributed by atoms with E-state index in [-0.39, 0.29) is 48.4 Å². The number of fused-ring (bicyclic) bond motifs is 5. The number of para-hydroxylation sites is 2. The molecule has 8 nitrogen and oxygen atoms in total. The van der Waals surface area contributed by atoms with E-state index in [0.717, 1.165) is 30.2 Å². The lowest BCUT2D eigenvalue weighted by Gasteiger charge is -2.54. The van der Waals surface area contributed by atoms with E-state index in [1.54, 1.807) is 6.92 Å². The van der Waals surface area contributed by atoms with Gasteiger partial charge in [0.05, 0.1) is 24.1 Å². The molecule has 0 radical (unpaired) electrons. The second kappa shape index (κ2) is 12.0. The van der Waals surface area contributed by atoms with Crippen molar-refractivity contribution in [3.05, 3.63) is 40.3 Å². The van der Waals surface area contributed by atoms with Crippen molar-refractivity contribution in [1.29, 1.82) is 0 Å². The van der Waals surface area contributed by atoms with Crippen LogP contribution in [0.5, 0.6) is 0 Å². The molecular formula is C32H44N4O4. The fourth-order valence-corrected chi connectivity index (χ4v) is 8.68. The molecule has 5 atom stereocenters. The van der Waals surface area contributed by atoms with Crippen molar-refractivity contribution in [2.45, 2.75) is 121 Å². The van der Waals surface area contributed by atoms with Gasteiger partial charge in [0.15, 0.2) is 5.69 Å². The molecule has 2 saturated heterocycles. The molecule has 0 spiro atoms. The fourth-order valence-electron chi connectivity index (χ4n) is 8.68. The molecule has 2 aliphatic heterocycles. The van der Waals surface area contributed by atoms with Crippen molar-refractivity contribution in [2.24, 2.45) is 17.0 Å². The number of hydrogen-bond donors (Lipinski definition) is 1. The number of oxime groups is 1. The van der Waals surface area contributed by atoms with Crippen LogP contribution in [0.4, 0.5) is 0 Å². The van der Waals surface area contributed by atoms with Crippen LogP contribution in [0.15, 0.2) is 34.2 Å². The lowest BCUT2D eigenvalue weighted by molar-refractivity contribution is -0.142. The van der Waals surface area contributed by atoms with Crippen LogP contribution in [0.1, 0.15) is 109 Å². The normalized spacial score (nSPS) is 31.1. The number of carbonyl (C=O) groups excluding carboxylic acids is 1. The quantitative estimate of drug-likeness (QED) is 0.202. The van der Waals surface area contributed by atoms with Gasteiger partial charge < -0.3 is 14.5 Å². The SMILES string of the molecule is CCOC(=O)CC/C(=N\O)c1nc2ccccc2n(C2CC3CCC[C@H](C2)N3C2CC3CCCCC(C3)C2)c1=O. The number of ether oxygens (including phenoxy) is 1. The zero-order valence-electron chi connectivity index (χ0n) is 23.8. The van der Waals surface area contributed by atoms with E-state index in [9.17, 15) is 14.8 Å². The van der Waals surface area contributed by atoms with Crippen LogP contribution in [-0.4, -0.2) is 56.1 Å². The molecule has 1 aromatic carbocycles. The zero-order valence-corrected chi connectivity index (χ0v) is 23.8. The summed E-state index contributed by atoms with van der Waals surface area (Å²) < 4.78 is 6.98. The number of hydrogen-bond acceptors (Lipinski definition) is 7. The van der Waals surface area contributed by atoms with Crippen molar-refractivity contribution in [3.8, 4) is 0 Å². The Morgan fingerprint density at radius 1 is 0.925 bits per heavy atom. The molecule has 2 aromatic rings. The number of rotatable bonds is 7. The molecule has 4 unspecified atom stereocenters. The third kappa shape index (κ3) is 5.44. The molecule has 6 rings (SSSR count). The highest BCUT2D eigenvalue weighted by Crippen LogP contribution is 2.47. The number of piperidine rings is 2.